The maximum atomic E-state index is 12.1. The fourth-order valence-corrected chi connectivity index (χ4v) is 1.76. The van der Waals surface area contributed by atoms with Gasteiger partial charge in [-0.2, -0.15) is 5.10 Å². The quantitative estimate of drug-likeness (QED) is 0.756. The van der Waals surface area contributed by atoms with Gasteiger partial charge in [-0.3, -0.25) is 9.48 Å². The van der Waals surface area contributed by atoms with Crippen molar-refractivity contribution in [1.29, 1.82) is 0 Å². The summed E-state index contributed by atoms with van der Waals surface area (Å²) in [5.74, 6) is 0.124. The van der Waals surface area contributed by atoms with E-state index in [1.165, 1.54) is 5.56 Å². The lowest BCUT2D eigenvalue weighted by Gasteiger charge is -2.02. The van der Waals surface area contributed by atoms with Crippen LogP contribution in [0.25, 0.3) is 0 Å². The predicted molar refractivity (Wildman–Crippen MR) is 67.2 cm³/mol. The summed E-state index contributed by atoms with van der Waals surface area (Å²) in [5.41, 5.74) is 3.89. The van der Waals surface area contributed by atoms with Crippen molar-refractivity contribution in [2.45, 2.75) is 20.3 Å². The van der Waals surface area contributed by atoms with Crippen LogP contribution in [0.2, 0.25) is 0 Å². The first kappa shape index (κ1) is 11.6. The Bertz CT molecular complexity index is 538. The van der Waals surface area contributed by atoms with Crippen molar-refractivity contribution in [1.82, 2.24) is 9.78 Å². The Hall–Kier alpha value is -1.90. The summed E-state index contributed by atoms with van der Waals surface area (Å²) in [4.78, 5) is 12.1. The molecule has 0 aliphatic rings. The third-order valence-electron chi connectivity index (χ3n) is 3.02. The summed E-state index contributed by atoms with van der Waals surface area (Å²) < 4.78 is 1.72. The minimum atomic E-state index is 0.124. The summed E-state index contributed by atoms with van der Waals surface area (Å²) in [5, 5.41) is 4.09. The molecule has 0 N–H and O–H groups in total. The molecule has 2 rings (SSSR count). The summed E-state index contributed by atoms with van der Waals surface area (Å²) >= 11 is 0. The highest BCUT2D eigenvalue weighted by Crippen LogP contribution is 2.11. The first-order valence-corrected chi connectivity index (χ1v) is 5.65. The SMILES string of the molecule is Cc1ccc(CC(=O)c2cnn(C)c2C)cc1. The van der Waals surface area contributed by atoms with Crippen LogP contribution in [0.1, 0.15) is 27.2 Å². The van der Waals surface area contributed by atoms with Crippen molar-refractivity contribution < 1.29 is 4.79 Å². The Morgan fingerprint density at radius 3 is 2.41 bits per heavy atom. The van der Waals surface area contributed by atoms with Crippen molar-refractivity contribution in [3.63, 3.8) is 0 Å². The maximum Gasteiger partial charge on any atom is 0.170 e. The molecule has 17 heavy (non-hydrogen) atoms. The highest BCUT2D eigenvalue weighted by atomic mass is 16.1. The minimum absolute atomic E-state index is 0.124. The topological polar surface area (TPSA) is 34.9 Å². The van der Waals surface area contributed by atoms with E-state index in [0.29, 0.717) is 12.0 Å². The van der Waals surface area contributed by atoms with Gasteiger partial charge in [0, 0.05) is 19.2 Å². The second kappa shape index (κ2) is 4.53. The molecule has 0 unspecified atom stereocenters. The molecule has 3 nitrogen and oxygen atoms in total. The number of ketones is 1. The first-order valence-electron chi connectivity index (χ1n) is 5.65. The summed E-state index contributed by atoms with van der Waals surface area (Å²) in [6.07, 6.45) is 2.08. The molecule has 0 bridgehead atoms. The Morgan fingerprint density at radius 1 is 1.24 bits per heavy atom. The monoisotopic (exact) mass is 228 g/mol. The van der Waals surface area contributed by atoms with Crippen molar-refractivity contribution >= 4 is 5.78 Å². The number of hydrogen-bond acceptors (Lipinski definition) is 2. The number of Topliss-reactive ketones (excluding diaryl/α,β-unsaturated/α-hetero) is 1. The van der Waals surface area contributed by atoms with Crippen LogP contribution in [0.15, 0.2) is 30.5 Å². The van der Waals surface area contributed by atoms with Crippen molar-refractivity contribution in [3.05, 3.63) is 52.8 Å². The summed E-state index contributed by atoms with van der Waals surface area (Å²) in [6, 6.07) is 8.05. The molecule has 1 aromatic carbocycles. The van der Waals surface area contributed by atoms with E-state index in [0.717, 1.165) is 11.3 Å². The van der Waals surface area contributed by atoms with Crippen LogP contribution in [0.5, 0.6) is 0 Å². The molecule has 2 aromatic rings. The number of carbonyl (C=O) groups excluding carboxylic acids is 1. The number of aryl methyl sites for hydroxylation is 2. The molecular weight excluding hydrogens is 212 g/mol. The highest BCUT2D eigenvalue weighted by Gasteiger charge is 2.12. The van der Waals surface area contributed by atoms with Gasteiger partial charge in [0.1, 0.15) is 0 Å². The van der Waals surface area contributed by atoms with Gasteiger partial charge in [-0.1, -0.05) is 29.8 Å². The van der Waals surface area contributed by atoms with Gasteiger partial charge in [0.25, 0.3) is 0 Å². The van der Waals surface area contributed by atoms with Gasteiger partial charge in [0.05, 0.1) is 11.8 Å². The van der Waals surface area contributed by atoms with Crippen molar-refractivity contribution in [3.8, 4) is 0 Å². The zero-order valence-corrected chi connectivity index (χ0v) is 10.4. The highest BCUT2D eigenvalue weighted by molar-refractivity contribution is 5.98. The molecule has 88 valence electrons. The number of hydrogen-bond donors (Lipinski definition) is 0. The normalized spacial score (nSPS) is 10.5. The van der Waals surface area contributed by atoms with Gasteiger partial charge in [-0.05, 0) is 19.4 Å². The number of nitrogens with zero attached hydrogens (tertiary/aromatic N) is 2. The predicted octanol–water partition coefficient (Wildman–Crippen LogP) is 2.46. The number of benzene rings is 1. The molecule has 1 aromatic heterocycles. The first-order chi connectivity index (χ1) is 8.08. The molecule has 0 saturated heterocycles. The van der Waals surface area contributed by atoms with Gasteiger partial charge in [0.2, 0.25) is 0 Å². The van der Waals surface area contributed by atoms with Crippen LogP contribution in [0.3, 0.4) is 0 Å². The smallest absolute Gasteiger partial charge is 0.170 e. The molecule has 1 heterocycles. The van der Waals surface area contributed by atoms with Gasteiger partial charge in [-0.15, -0.1) is 0 Å². The molecule has 0 radical (unpaired) electrons. The van der Waals surface area contributed by atoms with Crippen LogP contribution in [0, 0.1) is 13.8 Å². The van der Waals surface area contributed by atoms with E-state index in [-0.39, 0.29) is 5.78 Å². The van der Waals surface area contributed by atoms with E-state index in [2.05, 4.69) is 5.10 Å². The number of rotatable bonds is 3. The van der Waals surface area contributed by atoms with Gasteiger partial charge < -0.3 is 0 Å². The molecule has 0 aliphatic carbocycles. The van der Waals surface area contributed by atoms with Crippen LogP contribution < -0.4 is 0 Å². The zero-order valence-electron chi connectivity index (χ0n) is 10.4. The standard InChI is InChI=1S/C14H16N2O/c1-10-4-6-12(7-5-10)8-14(17)13-9-15-16(3)11(13)2/h4-7,9H,8H2,1-3H3. The fraction of sp³-hybridized carbons (Fsp3) is 0.286. The lowest BCUT2D eigenvalue weighted by molar-refractivity contribution is 0.0992. The average Bonchev–Trinajstić information content (AvgIpc) is 2.63. The maximum absolute atomic E-state index is 12.1. The molecule has 0 atom stereocenters. The van der Waals surface area contributed by atoms with Crippen LogP contribution in [0.4, 0.5) is 0 Å². The van der Waals surface area contributed by atoms with Crippen molar-refractivity contribution in [2.24, 2.45) is 7.05 Å². The van der Waals surface area contributed by atoms with Crippen molar-refractivity contribution in [2.75, 3.05) is 0 Å². The fourth-order valence-electron chi connectivity index (χ4n) is 1.76. The molecule has 0 aliphatic heterocycles. The van der Waals surface area contributed by atoms with E-state index < -0.39 is 0 Å². The lowest BCUT2D eigenvalue weighted by atomic mass is 10.0. The Morgan fingerprint density at radius 2 is 1.88 bits per heavy atom. The second-order valence-corrected chi connectivity index (χ2v) is 4.35. The Kier molecular flexibility index (Phi) is 3.09. The third kappa shape index (κ3) is 2.44. The Balaban J connectivity index is 2.17. The largest absolute Gasteiger partial charge is 0.294 e. The van der Waals surface area contributed by atoms with Crippen LogP contribution in [-0.2, 0) is 13.5 Å². The molecular formula is C14H16N2O. The van der Waals surface area contributed by atoms with E-state index in [4.69, 9.17) is 0 Å². The molecule has 0 fully saturated rings. The van der Waals surface area contributed by atoms with Crippen LogP contribution >= 0.6 is 0 Å². The number of aromatic nitrogens is 2. The molecule has 0 spiro atoms. The lowest BCUT2D eigenvalue weighted by Crippen LogP contribution is -2.05. The average molecular weight is 228 g/mol. The van der Waals surface area contributed by atoms with E-state index in [9.17, 15) is 4.79 Å². The van der Waals surface area contributed by atoms with E-state index >= 15 is 0 Å². The van der Waals surface area contributed by atoms with E-state index in [1.807, 2.05) is 45.2 Å². The van der Waals surface area contributed by atoms with Gasteiger partial charge in [-0.25, -0.2) is 0 Å². The molecule has 0 saturated carbocycles. The Labute approximate surface area is 101 Å². The second-order valence-electron chi connectivity index (χ2n) is 4.35. The van der Waals surface area contributed by atoms with Crippen LogP contribution in [-0.4, -0.2) is 15.6 Å². The van der Waals surface area contributed by atoms with E-state index in [1.54, 1.807) is 10.9 Å². The molecule has 3 heteroatoms. The third-order valence-corrected chi connectivity index (χ3v) is 3.02. The summed E-state index contributed by atoms with van der Waals surface area (Å²) in [7, 11) is 1.85. The zero-order chi connectivity index (χ0) is 12.4. The minimum Gasteiger partial charge on any atom is -0.294 e. The molecule has 0 amide bonds. The number of carbonyl (C=O) groups is 1. The van der Waals surface area contributed by atoms with Gasteiger partial charge >= 0.3 is 0 Å². The summed E-state index contributed by atoms with van der Waals surface area (Å²) in [6.45, 7) is 3.95. The van der Waals surface area contributed by atoms with Gasteiger partial charge in [0.15, 0.2) is 5.78 Å².